The van der Waals surface area contributed by atoms with Gasteiger partial charge in [0.25, 0.3) is 0 Å². The van der Waals surface area contributed by atoms with Gasteiger partial charge < -0.3 is 15.7 Å². The largest absolute Gasteiger partial charge is 0.478 e. The molecule has 0 amide bonds. The van der Waals surface area contributed by atoms with Crippen molar-refractivity contribution in [2.45, 2.75) is 0 Å². The van der Waals surface area contributed by atoms with Crippen LogP contribution in [-0.4, -0.2) is 34.1 Å². The number of anilines is 2. The van der Waals surface area contributed by atoms with Crippen LogP contribution in [0, 0.1) is 0 Å². The van der Waals surface area contributed by atoms with Gasteiger partial charge in [-0.3, -0.25) is 0 Å². The Hall–Kier alpha value is -2.63. The second-order valence-electron chi connectivity index (χ2n) is 3.77. The van der Waals surface area contributed by atoms with E-state index in [1.807, 2.05) is 18.2 Å². The van der Waals surface area contributed by atoms with Gasteiger partial charge in [-0.1, -0.05) is 6.07 Å². The molecule has 0 spiro atoms. The number of aromatic nitrogens is 2. The lowest BCUT2D eigenvalue weighted by molar-refractivity contribution is 0.0697. The van der Waals surface area contributed by atoms with Crippen molar-refractivity contribution in [3.8, 4) is 0 Å². The highest BCUT2D eigenvalue weighted by molar-refractivity contribution is 5.92. The number of hydrogen-bond acceptors (Lipinski definition) is 5. The van der Waals surface area contributed by atoms with Crippen molar-refractivity contribution in [3.05, 3.63) is 48.3 Å². The summed E-state index contributed by atoms with van der Waals surface area (Å²) in [6.45, 7) is 1.17. The normalized spacial score (nSPS) is 9.89. The van der Waals surface area contributed by atoms with Gasteiger partial charge in [0.15, 0.2) is 0 Å². The summed E-state index contributed by atoms with van der Waals surface area (Å²) in [7, 11) is 0. The Balaban J connectivity index is 1.85. The van der Waals surface area contributed by atoms with Crippen molar-refractivity contribution in [2.24, 2.45) is 0 Å². The second-order valence-corrected chi connectivity index (χ2v) is 3.77. The third kappa shape index (κ3) is 3.67. The molecule has 2 rings (SSSR count). The van der Waals surface area contributed by atoms with E-state index in [0.717, 1.165) is 5.82 Å². The molecule has 0 aliphatic heterocycles. The number of hydrogen-bond donors (Lipinski definition) is 3. The number of aromatic carboxylic acids is 1. The third-order valence-corrected chi connectivity index (χ3v) is 2.43. The lowest BCUT2D eigenvalue weighted by Crippen LogP contribution is -2.16. The molecule has 0 fully saturated rings. The van der Waals surface area contributed by atoms with Crippen LogP contribution in [0.25, 0.3) is 0 Å². The standard InChI is InChI=1S/C13H14N4O2/c18-13(19)10-4-3-7-16-12(10)17-9-8-15-11-5-1-2-6-14-11/h1-7H,8-9H2,(H,14,15)(H,16,17)(H,18,19). The lowest BCUT2D eigenvalue weighted by Gasteiger charge is -2.09. The summed E-state index contributed by atoms with van der Waals surface area (Å²) in [4.78, 5) is 19.1. The van der Waals surface area contributed by atoms with E-state index in [2.05, 4.69) is 20.6 Å². The molecule has 2 aromatic rings. The molecule has 2 aromatic heterocycles. The quantitative estimate of drug-likeness (QED) is 0.684. The van der Waals surface area contributed by atoms with Gasteiger partial charge in [0.05, 0.1) is 0 Å². The molecule has 3 N–H and O–H groups in total. The Morgan fingerprint density at radius 3 is 2.58 bits per heavy atom. The minimum atomic E-state index is -0.992. The summed E-state index contributed by atoms with van der Waals surface area (Å²) in [5, 5.41) is 15.1. The van der Waals surface area contributed by atoms with E-state index < -0.39 is 5.97 Å². The van der Waals surface area contributed by atoms with Gasteiger partial charge in [-0.2, -0.15) is 0 Å². The Bertz CT molecular complexity index is 545. The fraction of sp³-hybridized carbons (Fsp3) is 0.154. The molecular formula is C13H14N4O2. The van der Waals surface area contributed by atoms with E-state index in [0.29, 0.717) is 18.9 Å². The van der Waals surface area contributed by atoms with Gasteiger partial charge in [0.1, 0.15) is 17.2 Å². The first kappa shape index (κ1) is 12.8. The molecule has 0 atom stereocenters. The van der Waals surface area contributed by atoms with Crippen molar-refractivity contribution < 1.29 is 9.90 Å². The Morgan fingerprint density at radius 2 is 1.84 bits per heavy atom. The average molecular weight is 258 g/mol. The monoisotopic (exact) mass is 258 g/mol. The van der Waals surface area contributed by atoms with Crippen molar-refractivity contribution >= 4 is 17.6 Å². The summed E-state index contributed by atoms with van der Waals surface area (Å²) < 4.78 is 0. The highest BCUT2D eigenvalue weighted by atomic mass is 16.4. The number of rotatable bonds is 6. The van der Waals surface area contributed by atoms with Crippen molar-refractivity contribution in [2.75, 3.05) is 23.7 Å². The molecule has 2 heterocycles. The van der Waals surface area contributed by atoms with E-state index >= 15 is 0 Å². The molecule has 0 bridgehead atoms. The lowest BCUT2D eigenvalue weighted by atomic mass is 10.2. The molecule has 0 radical (unpaired) electrons. The first-order valence-corrected chi connectivity index (χ1v) is 5.84. The molecule has 0 aromatic carbocycles. The minimum Gasteiger partial charge on any atom is -0.478 e. The predicted octanol–water partition coefficient (Wildman–Crippen LogP) is 1.70. The summed E-state index contributed by atoms with van der Waals surface area (Å²) in [5.41, 5.74) is 0.167. The molecule has 6 heteroatoms. The number of carbonyl (C=O) groups is 1. The van der Waals surface area contributed by atoms with E-state index in [-0.39, 0.29) is 5.56 Å². The molecule has 0 saturated carbocycles. The van der Waals surface area contributed by atoms with E-state index in [9.17, 15) is 4.79 Å². The SMILES string of the molecule is O=C(O)c1cccnc1NCCNc1ccccn1. The molecule has 98 valence electrons. The van der Waals surface area contributed by atoms with Crippen LogP contribution in [-0.2, 0) is 0 Å². The zero-order valence-corrected chi connectivity index (χ0v) is 10.2. The smallest absolute Gasteiger partial charge is 0.339 e. The zero-order chi connectivity index (χ0) is 13.5. The minimum absolute atomic E-state index is 0.167. The first-order valence-electron chi connectivity index (χ1n) is 5.84. The van der Waals surface area contributed by atoms with Crippen LogP contribution in [0.15, 0.2) is 42.7 Å². The van der Waals surface area contributed by atoms with Gasteiger partial charge in [0, 0.05) is 25.5 Å². The average Bonchev–Trinajstić information content (AvgIpc) is 2.45. The fourth-order valence-corrected chi connectivity index (χ4v) is 1.56. The molecule has 6 nitrogen and oxygen atoms in total. The van der Waals surface area contributed by atoms with Gasteiger partial charge in [0.2, 0.25) is 0 Å². The van der Waals surface area contributed by atoms with Crippen molar-refractivity contribution in [3.63, 3.8) is 0 Å². The summed E-state index contributed by atoms with van der Waals surface area (Å²) >= 11 is 0. The van der Waals surface area contributed by atoms with Crippen LogP contribution < -0.4 is 10.6 Å². The third-order valence-electron chi connectivity index (χ3n) is 2.43. The van der Waals surface area contributed by atoms with Crippen LogP contribution in [0.1, 0.15) is 10.4 Å². The number of nitrogens with zero attached hydrogens (tertiary/aromatic N) is 2. The highest BCUT2D eigenvalue weighted by Crippen LogP contribution is 2.10. The van der Waals surface area contributed by atoms with E-state index in [4.69, 9.17) is 5.11 Å². The topological polar surface area (TPSA) is 87.1 Å². The van der Waals surface area contributed by atoms with Gasteiger partial charge in [-0.25, -0.2) is 14.8 Å². The molecule has 19 heavy (non-hydrogen) atoms. The van der Waals surface area contributed by atoms with E-state index in [1.165, 1.54) is 6.07 Å². The molecule has 0 aliphatic carbocycles. The first-order chi connectivity index (χ1) is 9.27. The number of carboxylic acid groups (broad SMARTS) is 1. The maximum atomic E-state index is 11.0. The Kier molecular flexibility index (Phi) is 4.28. The van der Waals surface area contributed by atoms with Crippen LogP contribution in [0.5, 0.6) is 0 Å². The highest BCUT2D eigenvalue weighted by Gasteiger charge is 2.09. The molecule has 0 unspecified atom stereocenters. The molecule has 0 aliphatic rings. The maximum absolute atomic E-state index is 11.0. The van der Waals surface area contributed by atoms with E-state index in [1.54, 1.807) is 18.5 Å². The summed E-state index contributed by atoms with van der Waals surface area (Å²) in [6, 6.07) is 8.72. The molecular weight excluding hydrogens is 244 g/mol. The van der Waals surface area contributed by atoms with Crippen LogP contribution in [0.2, 0.25) is 0 Å². The zero-order valence-electron chi connectivity index (χ0n) is 10.2. The van der Waals surface area contributed by atoms with Crippen LogP contribution in [0.4, 0.5) is 11.6 Å². The van der Waals surface area contributed by atoms with Crippen LogP contribution >= 0.6 is 0 Å². The Morgan fingerprint density at radius 1 is 1.05 bits per heavy atom. The second kappa shape index (κ2) is 6.34. The van der Waals surface area contributed by atoms with Crippen LogP contribution in [0.3, 0.4) is 0 Å². The predicted molar refractivity (Wildman–Crippen MR) is 72.4 cm³/mol. The van der Waals surface area contributed by atoms with Gasteiger partial charge >= 0.3 is 5.97 Å². The number of carboxylic acids is 1. The molecule has 0 saturated heterocycles. The number of nitrogens with one attached hydrogen (secondary N) is 2. The fourth-order valence-electron chi connectivity index (χ4n) is 1.56. The summed E-state index contributed by atoms with van der Waals surface area (Å²) in [6.07, 6.45) is 3.26. The van der Waals surface area contributed by atoms with Gasteiger partial charge in [-0.05, 0) is 24.3 Å². The number of pyridine rings is 2. The summed E-state index contributed by atoms with van der Waals surface area (Å²) in [5.74, 6) is 0.162. The van der Waals surface area contributed by atoms with Gasteiger partial charge in [-0.15, -0.1) is 0 Å². The van der Waals surface area contributed by atoms with Crippen molar-refractivity contribution in [1.29, 1.82) is 0 Å². The van der Waals surface area contributed by atoms with Crippen molar-refractivity contribution in [1.82, 2.24) is 9.97 Å². The Labute approximate surface area is 110 Å². The maximum Gasteiger partial charge on any atom is 0.339 e.